The number of halogens is 2. The third-order valence-electron chi connectivity index (χ3n) is 3.45. The van der Waals surface area contributed by atoms with E-state index in [-0.39, 0.29) is 5.78 Å². The zero-order chi connectivity index (χ0) is 15.6. The van der Waals surface area contributed by atoms with Crippen LogP contribution in [-0.2, 0) is 0 Å². The van der Waals surface area contributed by atoms with Gasteiger partial charge in [-0.1, -0.05) is 34.1 Å². The van der Waals surface area contributed by atoms with Crippen LogP contribution in [0.25, 0.3) is 0 Å². The molecule has 2 rings (SSSR count). The maximum atomic E-state index is 12.7. The first-order valence-electron chi connectivity index (χ1n) is 6.40. The summed E-state index contributed by atoms with van der Waals surface area (Å²) >= 11 is 5.50. The van der Waals surface area contributed by atoms with Crippen molar-refractivity contribution in [2.75, 3.05) is 0 Å². The van der Waals surface area contributed by atoms with Gasteiger partial charge in [0.2, 0.25) is 0 Å². The van der Waals surface area contributed by atoms with Crippen LogP contribution in [0, 0.1) is 28.7 Å². The molecule has 106 valence electrons. The summed E-state index contributed by atoms with van der Waals surface area (Å²) in [4.78, 5) is 12.7. The number of nitriles is 1. The average molecular weight is 454 g/mol. The summed E-state index contributed by atoms with van der Waals surface area (Å²) in [6.07, 6.45) is 0. The van der Waals surface area contributed by atoms with Crippen molar-refractivity contribution in [1.82, 2.24) is 0 Å². The van der Waals surface area contributed by atoms with E-state index in [1.54, 1.807) is 6.07 Å². The molecule has 2 aromatic carbocycles. The largest absolute Gasteiger partial charge is 0.292 e. The lowest BCUT2D eigenvalue weighted by atomic mass is 9.90. The van der Waals surface area contributed by atoms with Gasteiger partial charge in [-0.2, -0.15) is 5.26 Å². The Morgan fingerprint density at radius 2 is 1.90 bits per heavy atom. The van der Waals surface area contributed by atoms with Gasteiger partial charge in [0.05, 0.1) is 6.07 Å². The first-order valence-corrected chi connectivity index (χ1v) is 8.27. The van der Waals surface area contributed by atoms with Crippen LogP contribution in [0.5, 0.6) is 0 Å². The van der Waals surface area contributed by atoms with Gasteiger partial charge in [-0.25, -0.2) is 0 Å². The molecule has 0 aliphatic heterocycles. The van der Waals surface area contributed by atoms with Gasteiger partial charge in [-0.15, -0.1) is 0 Å². The van der Waals surface area contributed by atoms with E-state index in [0.717, 1.165) is 24.7 Å². The first kappa shape index (κ1) is 16.2. The molecule has 4 heteroatoms. The molecule has 0 aliphatic rings. The number of benzene rings is 2. The van der Waals surface area contributed by atoms with E-state index in [1.807, 2.05) is 44.2 Å². The van der Waals surface area contributed by atoms with Crippen LogP contribution < -0.4 is 0 Å². The Morgan fingerprint density at radius 3 is 2.52 bits per heavy atom. The van der Waals surface area contributed by atoms with Crippen LogP contribution in [0.4, 0.5) is 0 Å². The van der Waals surface area contributed by atoms with E-state index in [4.69, 9.17) is 0 Å². The number of hydrogen-bond donors (Lipinski definition) is 0. The molecule has 0 bridgehead atoms. The molecule has 0 fully saturated rings. The van der Waals surface area contributed by atoms with Crippen molar-refractivity contribution in [1.29, 1.82) is 5.26 Å². The molecule has 1 unspecified atom stereocenters. The zero-order valence-electron chi connectivity index (χ0n) is 11.7. The number of carbonyl (C=O) groups excluding carboxylic acids is 1. The lowest BCUT2D eigenvalue weighted by Gasteiger charge is -2.12. The number of carbonyl (C=O) groups is 1. The van der Waals surface area contributed by atoms with Crippen LogP contribution in [0.3, 0.4) is 0 Å². The fraction of sp³-hybridized carbons (Fsp3) is 0.176. The molecule has 0 heterocycles. The minimum Gasteiger partial charge on any atom is -0.292 e. The van der Waals surface area contributed by atoms with Crippen LogP contribution in [0.2, 0.25) is 0 Å². The second kappa shape index (κ2) is 6.71. The van der Waals surface area contributed by atoms with Crippen LogP contribution in [0.15, 0.2) is 40.9 Å². The summed E-state index contributed by atoms with van der Waals surface area (Å²) in [5.41, 5.74) is 3.57. The van der Waals surface area contributed by atoms with Gasteiger partial charge in [0.1, 0.15) is 5.92 Å². The molecule has 2 nitrogen and oxygen atoms in total. The summed E-state index contributed by atoms with van der Waals surface area (Å²) in [6.45, 7) is 4.00. The lowest BCUT2D eigenvalue weighted by molar-refractivity contribution is 0.0978. The molecule has 0 amide bonds. The SMILES string of the molecule is Cc1ccc(C(C#N)C(=O)c2cc(Br)ccc2I)cc1C. The van der Waals surface area contributed by atoms with E-state index < -0.39 is 5.92 Å². The van der Waals surface area contributed by atoms with E-state index in [0.29, 0.717) is 5.56 Å². The number of Topliss-reactive ketones (excluding diaryl/α,β-unsaturated/α-hetero) is 1. The Morgan fingerprint density at radius 1 is 1.19 bits per heavy atom. The maximum absolute atomic E-state index is 12.7. The predicted molar refractivity (Wildman–Crippen MR) is 95.5 cm³/mol. The molecule has 0 radical (unpaired) electrons. The molecule has 0 saturated heterocycles. The Hall–Kier alpha value is -1.19. The Kier molecular flexibility index (Phi) is 5.17. The predicted octanol–water partition coefficient (Wildman–Crippen LogP) is 5.16. The van der Waals surface area contributed by atoms with Crippen molar-refractivity contribution in [3.05, 3.63) is 66.7 Å². The summed E-state index contributed by atoms with van der Waals surface area (Å²) in [5, 5.41) is 9.45. The molecule has 21 heavy (non-hydrogen) atoms. The number of aryl methyl sites for hydroxylation is 2. The molecule has 0 aliphatic carbocycles. The fourth-order valence-corrected chi connectivity index (χ4v) is 3.03. The highest BCUT2D eigenvalue weighted by molar-refractivity contribution is 14.1. The number of hydrogen-bond acceptors (Lipinski definition) is 2. The second-order valence-corrected chi connectivity index (χ2v) is 6.97. The van der Waals surface area contributed by atoms with Gasteiger partial charge in [0.25, 0.3) is 0 Å². The molecule has 0 saturated carbocycles. The maximum Gasteiger partial charge on any atom is 0.185 e. The highest BCUT2D eigenvalue weighted by atomic mass is 127. The van der Waals surface area contributed by atoms with E-state index >= 15 is 0 Å². The minimum absolute atomic E-state index is 0.161. The number of nitrogens with zero attached hydrogens (tertiary/aromatic N) is 1. The highest BCUT2D eigenvalue weighted by Gasteiger charge is 2.24. The molecule has 0 aromatic heterocycles. The first-order chi connectivity index (χ1) is 9.93. The van der Waals surface area contributed by atoms with Gasteiger partial charge in [-0.3, -0.25) is 4.79 Å². The summed E-state index contributed by atoms with van der Waals surface area (Å²) in [7, 11) is 0. The second-order valence-electron chi connectivity index (χ2n) is 4.89. The topological polar surface area (TPSA) is 40.9 Å². The average Bonchev–Trinajstić information content (AvgIpc) is 2.46. The molecule has 0 spiro atoms. The normalized spacial score (nSPS) is 11.8. The quantitative estimate of drug-likeness (QED) is 0.475. The van der Waals surface area contributed by atoms with Gasteiger partial charge < -0.3 is 0 Å². The van der Waals surface area contributed by atoms with Gasteiger partial charge in [0.15, 0.2) is 5.78 Å². The monoisotopic (exact) mass is 453 g/mol. The molecular weight excluding hydrogens is 441 g/mol. The van der Waals surface area contributed by atoms with E-state index in [9.17, 15) is 10.1 Å². The van der Waals surface area contributed by atoms with Crippen molar-refractivity contribution in [3.63, 3.8) is 0 Å². The summed E-state index contributed by atoms with van der Waals surface area (Å²) in [5.74, 6) is -0.932. The van der Waals surface area contributed by atoms with Crippen molar-refractivity contribution in [3.8, 4) is 6.07 Å². The van der Waals surface area contributed by atoms with E-state index in [1.165, 1.54) is 0 Å². The van der Waals surface area contributed by atoms with Crippen molar-refractivity contribution in [2.24, 2.45) is 0 Å². The number of ketones is 1. The Labute approximate surface area is 146 Å². The third-order valence-corrected chi connectivity index (χ3v) is 4.88. The van der Waals surface area contributed by atoms with Crippen LogP contribution >= 0.6 is 38.5 Å². The molecule has 0 N–H and O–H groups in total. The smallest absolute Gasteiger partial charge is 0.185 e. The summed E-state index contributed by atoms with van der Waals surface area (Å²) < 4.78 is 1.69. The van der Waals surface area contributed by atoms with Gasteiger partial charge in [-0.05, 0) is 71.3 Å². The third kappa shape index (κ3) is 3.53. The minimum atomic E-state index is -0.771. The molecule has 2 aromatic rings. The van der Waals surface area contributed by atoms with Gasteiger partial charge >= 0.3 is 0 Å². The van der Waals surface area contributed by atoms with Gasteiger partial charge in [0, 0.05) is 13.6 Å². The van der Waals surface area contributed by atoms with Crippen molar-refractivity contribution >= 4 is 44.3 Å². The van der Waals surface area contributed by atoms with Crippen LogP contribution in [0.1, 0.15) is 33.0 Å². The highest BCUT2D eigenvalue weighted by Crippen LogP contribution is 2.27. The Bertz CT molecular complexity index is 749. The molecular formula is C17H13BrINO. The fourth-order valence-electron chi connectivity index (χ4n) is 2.07. The van der Waals surface area contributed by atoms with Crippen molar-refractivity contribution < 1.29 is 4.79 Å². The molecule has 1 atom stereocenters. The lowest BCUT2D eigenvalue weighted by Crippen LogP contribution is -2.13. The zero-order valence-corrected chi connectivity index (χ0v) is 15.4. The van der Waals surface area contributed by atoms with Crippen molar-refractivity contribution in [2.45, 2.75) is 19.8 Å². The van der Waals surface area contributed by atoms with E-state index in [2.05, 4.69) is 44.6 Å². The standard InChI is InChI=1S/C17H13BrINO/c1-10-3-4-12(7-11(10)2)15(9-20)17(21)14-8-13(18)5-6-16(14)19/h3-8,15H,1-2H3. The Balaban J connectivity index is 2.46. The van der Waals surface area contributed by atoms with Crippen LogP contribution in [-0.4, -0.2) is 5.78 Å². The summed E-state index contributed by atoms with van der Waals surface area (Å²) in [6, 6.07) is 13.4. The number of rotatable bonds is 3.